The molecule has 0 radical (unpaired) electrons. The van der Waals surface area contributed by atoms with Crippen molar-refractivity contribution in [3.63, 3.8) is 0 Å². The summed E-state index contributed by atoms with van der Waals surface area (Å²) in [5.74, 6) is -1.41. The molecule has 2 aromatic carbocycles. The van der Waals surface area contributed by atoms with Gasteiger partial charge in [0.25, 0.3) is 10.1 Å². The van der Waals surface area contributed by atoms with Gasteiger partial charge in [-0.2, -0.15) is 8.42 Å². The number of carbonyl (C=O) groups is 2. The van der Waals surface area contributed by atoms with Gasteiger partial charge in [-0.25, -0.2) is 9.59 Å². The number of ether oxygens (including phenoxy) is 4. The summed E-state index contributed by atoms with van der Waals surface area (Å²) < 4.78 is 49.9. The van der Waals surface area contributed by atoms with Crippen LogP contribution in [0, 0.1) is 0 Å². The molecule has 1 heterocycles. The van der Waals surface area contributed by atoms with E-state index in [1.165, 1.54) is 19.2 Å². The number of hydrogen-bond acceptors (Lipinski definition) is 10. The lowest BCUT2D eigenvalue weighted by Crippen LogP contribution is -2.61. The topological polar surface area (TPSA) is 135 Å². The standard InChI is InChI=1S/C22H24O10S/c1-28-18-17(31-21(24)15-11-7-4-8-12-15)16(30-22(25)19(18)32-33(2,26)27)13-29-20(23)14-9-5-3-6-10-14/h3-12,16-19,22,25H,13H2,1-2H3/t16-,17+,18+,19-,22-/m1/s1. The van der Waals surface area contributed by atoms with Gasteiger partial charge in [0.15, 0.2) is 18.5 Å². The fourth-order valence-corrected chi connectivity index (χ4v) is 3.93. The molecule has 0 amide bonds. The van der Waals surface area contributed by atoms with Crippen LogP contribution in [0.3, 0.4) is 0 Å². The van der Waals surface area contributed by atoms with E-state index in [0.717, 1.165) is 6.26 Å². The summed E-state index contributed by atoms with van der Waals surface area (Å²) in [7, 11) is -2.79. The molecule has 0 unspecified atom stereocenters. The number of rotatable bonds is 8. The SMILES string of the molecule is CO[C@@H]1[C@@H](OS(C)(=O)=O)[C@H](O)O[C@H](COC(=O)c2ccccc2)[C@@H]1OC(=O)c1ccccc1. The van der Waals surface area contributed by atoms with E-state index in [9.17, 15) is 23.1 Å². The summed E-state index contributed by atoms with van der Waals surface area (Å²) in [5, 5.41) is 10.4. The number of aliphatic hydroxyl groups excluding tert-OH is 1. The van der Waals surface area contributed by atoms with Gasteiger partial charge < -0.3 is 24.1 Å². The highest BCUT2D eigenvalue weighted by atomic mass is 32.2. The van der Waals surface area contributed by atoms with Gasteiger partial charge in [0, 0.05) is 7.11 Å². The number of esters is 2. The minimum absolute atomic E-state index is 0.221. The second kappa shape index (κ2) is 10.9. The molecule has 0 bridgehead atoms. The van der Waals surface area contributed by atoms with Gasteiger partial charge >= 0.3 is 11.9 Å². The average molecular weight is 480 g/mol. The molecule has 11 heteroatoms. The first-order chi connectivity index (χ1) is 15.7. The van der Waals surface area contributed by atoms with Crippen molar-refractivity contribution in [2.45, 2.75) is 30.7 Å². The molecule has 0 aliphatic carbocycles. The van der Waals surface area contributed by atoms with Crippen LogP contribution in [0.4, 0.5) is 0 Å². The fraction of sp³-hybridized carbons (Fsp3) is 0.364. The Morgan fingerprint density at radius 1 is 0.909 bits per heavy atom. The van der Waals surface area contributed by atoms with Crippen LogP contribution in [-0.2, 0) is 33.2 Å². The molecule has 178 valence electrons. The van der Waals surface area contributed by atoms with Crippen molar-refractivity contribution in [2.24, 2.45) is 0 Å². The minimum Gasteiger partial charge on any atom is -0.459 e. The summed E-state index contributed by atoms with van der Waals surface area (Å²) in [5.41, 5.74) is 0.507. The van der Waals surface area contributed by atoms with Crippen LogP contribution >= 0.6 is 0 Å². The van der Waals surface area contributed by atoms with E-state index in [1.54, 1.807) is 48.5 Å². The van der Waals surface area contributed by atoms with Crippen LogP contribution in [0.5, 0.6) is 0 Å². The summed E-state index contributed by atoms with van der Waals surface area (Å²) >= 11 is 0. The van der Waals surface area contributed by atoms with Crippen LogP contribution in [-0.4, -0.2) is 76.1 Å². The van der Waals surface area contributed by atoms with Crippen molar-refractivity contribution in [1.29, 1.82) is 0 Å². The molecule has 0 spiro atoms. The molecule has 0 saturated carbocycles. The minimum atomic E-state index is -4.03. The summed E-state index contributed by atoms with van der Waals surface area (Å²) in [6.45, 7) is -0.414. The van der Waals surface area contributed by atoms with Gasteiger partial charge in [-0.05, 0) is 24.3 Å². The first kappa shape index (κ1) is 24.8. The number of aliphatic hydroxyl groups is 1. The molecule has 1 N–H and O–H groups in total. The molecule has 2 aromatic rings. The van der Waals surface area contributed by atoms with E-state index in [2.05, 4.69) is 0 Å². The summed E-state index contributed by atoms with van der Waals surface area (Å²) in [6.07, 6.45) is -6.20. The van der Waals surface area contributed by atoms with Crippen LogP contribution in [0.25, 0.3) is 0 Å². The predicted octanol–water partition coefficient (Wildman–Crippen LogP) is 1.15. The van der Waals surface area contributed by atoms with E-state index >= 15 is 0 Å². The zero-order valence-corrected chi connectivity index (χ0v) is 18.7. The van der Waals surface area contributed by atoms with Crippen molar-refractivity contribution in [1.82, 2.24) is 0 Å². The second-order valence-electron chi connectivity index (χ2n) is 7.23. The van der Waals surface area contributed by atoms with Crippen molar-refractivity contribution in [3.8, 4) is 0 Å². The maximum Gasteiger partial charge on any atom is 0.338 e. The normalized spacial score (nSPS) is 25.2. The number of carbonyl (C=O) groups excluding carboxylic acids is 2. The van der Waals surface area contributed by atoms with Gasteiger partial charge in [0.05, 0.1) is 17.4 Å². The fourth-order valence-electron chi connectivity index (χ4n) is 3.33. The lowest BCUT2D eigenvalue weighted by Gasteiger charge is -2.42. The molecular formula is C22H24O10S. The Morgan fingerprint density at radius 2 is 1.45 bits per heavy atom. The zero-order valence-electron chi connectivity index (χ0n) is 17.9. The maximum absolute atomic E-state index is 12.7. The predicted molar refractivity (Wildman–Crippen MR) is 114 cm³/mol. The Morgan fingerprint density at radius 3 is 1.97 bits per heavy atom. The van der Waals surface area contributed by atoms with Gasteiger partial charge in [0.1, 0.15) is 18.8 Å². The molecule has 33 heavy (non-hydrogen) atoms. The molecule has 1 saturated heterocycles. The highest BCUT2D eigenvalue weighted by molar-refractivity contribution is 7.86. The van der Waals surface area contributed by atoms with Gasteiger partial charge in [-0.1, -0.05) is 36.4 Å². The second-order valence-corrected chi connectivity index (χ2v) is 8.83. The summed E-state index contributed by atoms with van der Waals surface area (Å²) in [4.78, 5) is 25.0. The van der Waals surface area contributed by atoms with Crippen molar-refractivity contribution in [2.75, 3.05) is 20.0 Å². The van der Waals surface area contributed by atoms with Gasteiger partial charge in [0.2, 0.25) is 0 Å². The van der Waals surface area contributed by atoms with Crippen molar-refractivity contribution < 1.29 is 46.2 Å². The van der Waals surface area contributed by atoms with Crippen LogP contribution in [0.15, 0.2) is 60.7 Å². The first-order valence-corrected chi connectivity index (χ1v) is 11.7. The number of benzene rings is 2. The van der Waals surface area contributed by atoms with E-state index < -0.39 is 59.4 Å². The Balaban J connectivity index is 1.83. The smallest absolute Gasteiger partial charge is 0.338 e. The first-order valence-electron chi connectivity index (χ1n) is 9.92. The van der Waals surface area contributed by atoms with Crippen LogP contribution in [0.1, 0.15) is 20.7 Å². The molecule has 10 nitrogen and oxygen atoms in total. The Bertz CT molecular complexity index is 1040. The maximum atomic E-state index is 12.7. The Kier molecular flexibility index (Phi) is 8.16. The molecule has 1 fully saturated rings. The largest absolute Gasteiger partial charge is 0.459 e. The number of hydrogen-bond donors (Lipinski definition) is 1. The van der Waals surface area contributed by atoms with Crippen LogP contribution < -0.4 is 0 Å². The van der Waals surface area contributed by atoms with E-state index in [-0.39, 0.29) is 11.1 Å². The third kappa shape index (κ3) is 6.59. The zero-order chi connectivity index (χ0) is 24.0. The third-order valence-corrected chi connectivity index (χ3v) is 5.38. The Labute approximate surface area is 191 Å². The monoisotopic (exact) mass is 480 g/mol. The van der Waals surface area contributed by atoms with E-state index in [4.69, 9.17) is 23.1 Å². The molecular weight excluding hydrogens is 456 g/mol. The third-order valence-electron chi connectivity index (χ3n) is 4.81. The molecule has 5 atom stereocenters. The highest BCUT2D eigenvalue weighted by Gasteiger charge is 2.50. The van der Waals surface area contributed by atoms with E-state index in [1.807, 2.05) is 0 Å². The van der Waals surface area contributed by atoms with E-state index in [0.29, 0.717) is 0 Å². The van der Waals surface area contributed by atoms with Crippen molar-refractivity contribution in [3.05, 3.63) is 71.8 Å². The van der Waals surface area contributed by atoms with Crippen molar-refractivity contribution >= 4 is 22.1 Å². The molecule has 1 aliphatic rings. The molecule has 0 aromatic heterocycles. The Hall–Kier alpha value is -2.83. The molecule has 1 aliphatic heterocycles. The molecule has 3 rings (SSSR count). The lowest BCUT2D eigenvalue weighted by atomic mass is 9.98. The quantitative estimate of drug-likeness (QED) is 0.433. The lowest BCUT2D eigenvalue weighted by molar-refractivity contribution is -0.283. The van der Waals surface area contributed by atoms with Gasteiger partial charge in [-0.3, -0.25) is 4.18 Å². The highest BCUT2D eigenvalue weighted by Crippen LogP contribution is 2.29. The average Bonchev–Trinajstić information content (AvgIpc) is 2.80. The van der Waals surface area contributed by atoms with Crippen LogP contribution in [0.2, 0.25) is 0 Å². The summed E-state index contributed by atoms with van der Waals surface area (Å²) in [6, 6.07) is 16.2. The van der Waals surface area contributed by atoms with Gasteiger partial charge in [-0.15, -0.1) is 0 Å². The number of methoxy groups -OCH3 is 1.